The number of nitrogens with one attached hydrogen (secondary N) is 1. The first kappa shape index (κ1) is 19.1. The van der Waals surface area contributed by atoms with Crippen LogP contribution in [0.25, 0.3) is 22.1 Å². The van der Waals surface area contributed by atoms with Gasteiger partial charge in [0.05, 0.1) is 18.9 Å². The smallest absolute Gasteiger partial charge is 0.337 e. The largest absolute Gasteiger partial charge is 0.465 e. The van der Waals surface area contributed by atoms with E-state index < -0.39 is 5.97 Å². The first-order valence-electron chi connectivity index (χ1n) is 9.25. The van der Waals surface area contributed by atoms with E-state index in [1.165, 1.54) is 13.3 Å². The minimum absolute atomic E-state index is 0.304. The summed E-state index contributed by atoms with van der Waals surface area (Å²) >= 11 is 0. The second-order valence-electron chi connectivity index (χ2n) is 6.53. The van der Waals surface area contributed by atoms with Crippen molar-refractivity contribution in [2.45, 2.75) is 0 Å². The van der Waals surface area contributed by atoms with Crippen LogP contribution < -0.4 is 5.43 Å². The highest BCUT2D eigenvalue weighted by molar-refractivity contribution is 5.98. The lowest BCUT2D eigenvalue weighted by Crippen LogP contribution is -2.17. The Balaban J connectivity index is 1.41. The monoisotopic (exact) mass is 398 g/mol. The average Bonchev–Trinajstić information content (AvgIpc) is 3.27. The zero-order valence-corrected chi connectivity index (χ0v) is 16.2. The summed E-state index contributed by atoms with van der Waals surface area (Å²) < 4.78 is 10.4. The van der Waals surface area contributed by atoms with E-state index in [2.05, 4.69) is 15.3 Å². The van der Waals surface area contributed by atoms with Crippen molar-refractivity contribution in [1.29, 1.82) is 0 Å². The maximum Gasteiger partial charge on any atom is 0.337 e. The van der Waals surface area contributed by atoms with Gasteiger partial charge in [-0.15, -0.1) is 0 Å². The number of carbonyl (C=O) groups excluding carboxylic acids is 2. The number of rotatable bonds is 5. The number of amides is 1. The highest BCUT2D eigenvalue weighted by Crippen LogP contribution is 2.22. The molecule has 0 saturated heterocycles. The standard InChI is InChI=1S/C24H18N2O4/c1-29-24(28)18-9-7-17(8-10-18)22-13-12-21(30-22)15-25-26-23(27)20-11-6-16-4-2-3-5-19(16)14-20/h2-15H,1H3,(H,26,27)/b25-15-. The van der Waals surface area contributed by atoms with Crippen LogP contribution in [0, 0.1) is 0 Å². The second kappa shape index (κ2) is 8.45. The first-order chi connectivity index (χ1) is 14.6. The van der Waals surface area contributed by atoms with Gasteiger partial charge >= 0.3 is 5.97 Å². The van der Waals surface area contributed by atoms with E-state index in [-0.39, 0.29) is 5.91 Å². The lowest BCUT2D eigenvalue weighted by Gasteiger charge is -2.02. The molecule has 6 heteroatoms. The molecule has 0 fully saturated rings. The zero-order chi connectivity index (χ0) is 20.9. The number of fused-ring (bicyclic) bond motifs is 1. The summed E-state index contributed by atoms with van der Waals surface area (Å²) in [6.07, 6.45) is 1.44. The number of hydrogen-bond donors (Lipinski definition) is 1. The number of methoxy groups -OCH3 is 1. The molecule has 4 aromatic rings. The van der Waals surface area contributed by atoms with Gasteiger partial charge in [0.15, 0.2) is 0 Å². The van der Waals surface area contributed by atoms with Crippen molar-refractivity contribution >= 4 is 28.9 Å². The van der Waals surface area contributed by atoms with Crippen LogP contribution in [0.3, 0.4) is 0 Å². The minimum Gasteiger partial charge on any atom is -0.465 e. The molecule has 1 N–H and O–H groups in total. The summed E-state index contributed by atoms with van der Waals surface area (Å²) in [7, 11) is 1.34. The normalized spacial score (nSPS) is 11.0. The Bertz CT molecular complexity index is 1240. The van der Waals surface area contributed by atoms with Gasteiger partial charge in [-0.05, 0) is 47.2 Å². The Morgan fingerprint density at radius 2 is 1.63 bits per heavy atom. The third kappa shape index (κ3) is 4.12. The lowest BCUT2D eigenvalue weighted by atomic mass is 10.1. The van der Waals surface area contributed by atoms with Crippen molar-refractivity contribution in [3.63, 3.8) is 0 Å². The van der Waals surface area contributed by atoms with Gasteiger partial charge in [-0.2, -0.15) is 5.10 Å². The lowest BCUT2D eigenvalue weighted by molar-refractivity contribution is 0.0600. The molecular weight excluding hydrogens is 380 g/mol. The molecule has 148 valence electrons. The summed E-state index contributed by atoms with van der Waals surface area (Å²) in [6, 6.07) is 23.7. The highest BCUT2D eigenvalue weighted by atomic mass is 16.5. The molecule has 0 spiro atoms. The molecule has 4 rings (SSSR count). The molecule has 3 aromatic carbocycles. The van der Waals surface area contributed by atoms with Gasteiger partial charge in [-0.25, -0.2) is 10.2 Å². The maximum atomic E-state index is 12.3. The highest BCUT2D eigenvalue weighted by Gasteiger charge is 2.08. The quantitative estimate of drug-likeness (QED) is 0.301. The van der Waals surface area contributed by atoms with Gasteiger partial charge in [0.2, 0.25) is 0 Å². The van der Waals surface area contributed by atoms with Crippen LogP contribution in [-0.2, 0) is 4.74 Å². The Hall–Kier alpha value is -4.19. The minimum atomic E-state index is -0.393. The predicted molar refractivity (Wildman–Crippen MR) is 114 cm³/mol. The molecule has 1 aromatic heterocycles. The van der Waals surface area contributed by atoms with Crippen LogP contribution in [0.15, 0.2) is 88.4 Å². The van der Waals surface area contributed by atoms with Crippen LogP contribution in [0.5, 0.6) is 0 Å². The van der Waals surface area contributed by atoms with Gasteiger partial charge < -0.3 is 9.15 Å². The Morgan fingerprint density at radius 1 is 0.900 bits per heavy atom. The molecule has 0 aliphatic heterocycles. The molecule has 1 amide bonds. The van der Waals surface area contributed by atoms with Gasteiger partial charge in [-0.3, -0.25) is 4.79 Å². The van der Waals surface area contributed by atoms with Gasteiger partial charge in [0, 0.05) is 11.1 Å². The van der Waals surface area contributed by atoms with Crippen molar-refractivity contribution in [3.05, 3.63) is 95.7 Å². The molecule has 0 atom stereocenters. The van der Waals surface area contributed by atoms with E-state index in [0.717, 1.165) is 16.3 Å². The van der Waals surface area contributed by atoms with Crippen molar-refractivity contribution in [2.75, 3.05) is 7.11 Å². The Labute approximate surface area is 172 Å². The third-order valence-corrected chi connectivity index (χ3v) is 4.59. The summed E-state index contributed by atoms with van der Waals surface area (Å²) in [6.45, 7) is 0. The number of furan rings is 1. The van der Waals surface area contributed by atoms with Crippen molar-refractivity contribution in [3.8, 4) is 11.3 Å². The second-order valence-corrected chi connectivity index (χ2v) is 6.53. The number of ether oxygens (including phenoxy) is 1. The predicted octanol–water partition coefficient (Wildman–Crippen LogP) is 4.65. The van der Waals surface area contributed by atoms with Crippen LogP contribution in [-0.4, -0.2) is 25.2 Å². The fourth-order valence-electron chi connectivity index (χ4n) is 3.02. The van der Waals surface area contributed by atoms with Crippen molar-refractivity contribution < 1.29 is 18.7 Å². The number of carbonyl (C=O) groups is 2. The number of esters is 1. The number of nitrogens with zero attached hydrogens (tertiary/aromatic N) is 1. The van der Waals surface area contributed by atoms with Gasteiger partial charge in [0.25, 0.3) is 5.91 Å². The average molecular weight is 398 g/mol. The van der Waals surface area contributed by atoms with Crippen LogP contribution in [0.2, 0.25) is 0 Å². The third-order valence-electron chi connectivity index (χ3n) is 4.59. The molecule has 0 bridgehead atoms. The summed E-state index contributed by atoms with van der Waals surface area (Å²) in [5.74, 6) is 0.410. The molecule has 0 aliphatic carbocycles. The van der Waals surface area contributed by atoms with Gasteiger partial charge in [-0.1, -0.05) is 42.5 Å². The fraction of sp³-hybridized carbons (Fsp3) is 0.0417. The van der Waals surface area contributed by atoms with E-state index in [1.807, 2.05) is 36.4 Å². The SMILES string of the molecule is COC(=O)c1ccc(-c2ccc(/C=N\NC(=O)c3ccc4ccccc4c3)o2)cc1. The number of hydrazone groups is 1. The zero-order valence-electron chi connectivity index (χ0n) is 16.2. The molecule has 0 unspecified atom stereocenters. The molecule has 6 nitrogen and oxygen atoms in total. The van der Waals surface area contributed by atoms with Crippen LogP contribution in [0.1, 0.15) is 26.5 Å². The van der Waals surface area contributed by atoms with Crippen molar-refractivity contribution in [2.24, 2.45) is 5.10 Å². The number of benzene rings is 3. The number of hydrogen-bond acceptors (Lipinski definition) is 5. The first-order valence-corrected chi connectivity index (χ1v) is 9.25. The van der Waals surface area contributed by atoms with Gasteiger partial charge in [0.1, 0.15) is 11.5 Å². The van der Waals surface area contributed by atoms with E-state index >= 15 is 0 Å². The van der Waals surface area contributed by atoms with E-state index in [9.17, 15) is 9.59 Å². The molecule has 1 heterocycles. The molecule has 0 radical (unpaired) electrons. The Morgan fingerprint density at radius 3 is 2.40 bits per heavy atom. The molecule has 0 saturated carbocycles. The van der Waals surface area contributed by atoms with E-state index in [0.29, 0.717) is 22.6 Å². The fourth-order valence-corrected chi connectivity index (χ4v) is 3.02. The van der Waals surface area contributed by atoms with E-state index in [4.69, 9.17) is 4.42 Å². The summed E-state index contributed by atoms with van der Waals surface area (Å²) in [5.41, 5.74) is 4.30. The molecule has 30 heavy (non-hydrogen) atoms. The van der Waals surface area contributed by atoms with E-state index in [1.54, 1.807) is 42.5 Å². The Kier molecular flexibility index (Phi) is 5.39. The summed E-state index contributed by atoms with van der Waals surface area (Å²) in [4.78, 5) is 23.8. The maximum absolute atomic E-state index is 12.3. The summed E-state index contributed by atoms with van der Waals surface area (Å²) in [5, 5.41) is 6.03. The molecular formula is C24H18N2O4. The molecule has 0 aliphatic rings. The van der Waals surface area contributed by atoms with Crippen LogP contribution in [0.4, 0.5) is 0 Å². The van der Waals surface area contributed by atoms with Crippen LogP contribution >= 0.6 is 0 Å². The van der Waals surface area contributed by atoms with Crippen molar-refractivity contribution in [1.82, 2.24) is 5.43 Å². The topological polar surface area (TPSA) is 80.9 Å².